The first-order valence-corrected chi connectivity index (χ1v) is 7.52. The molecule has 0 amide bonds. The molecule has 5 nitrogen and oxygen atoms in total. The van der Waals surface area contributed by atoms with E-state index in [0.717, 1.165) is 37.4 Å². The van der Waals surface area contributed by atoms with Gasteiger partial charge in [-0.2, -0.15) is 0 Å². The Morgan fingerprint density at radius 2 is 2.18 bits per heavy atom. The van der Waals surface area contributed by atoms with Crippen LogP contribution in [0.15, 0.2) is 34.9 Å². The van der Waals surface area contributed by atoms with Crippen LogP contribution >= 0.6 is 0 Å². The van der Waals surface area contributed by atoms with Crippen LogP contribution in [0.5, 0.6) is 0 Å². The molecule has 1 saturated heterocycles. The number of benzene rings is 1. The van der Waals surface area contributed by atoms with Crippen molar-refractivity contribution >= 4 is 5.97 Å². The lowest BCUT2D eigenvalue weighted by molar-refractivity contribution is 0.0600. The molecule has 0 aliphatic carbocycles. The van der Waals surface area contributed by atoms with E-state index in [2.05, 4.69) is 10.1 Å². The number of methoxy groups -OCH3 is 1. The summed E-state index contributed by atoms with van der Waals surface area (Å²) in [6, 6.07) is 9.92. The molecule has 1 fully saturated rings. The Labute approximate surface area is 129 Å². The summed E-state index contributed by atoms with van der Waals surface area (Å²) in [4.78, 5) is 13.9. The Morgan fingerprint density at radius 3 is 2.82 bits per heavy atom. The maximum absolute atomic E-state index is 11.5. The standard InChI is InChI=1S/C17H20N2O3/c1-12-10-15(18-22-12)16-4-3-9-19(16)11-13-5-7-14(8-6-13)17(20)21-2/h5-8,10,16H,3-4,9,11H2,1-2H3/t16-/m0/s1. The lowest BCUT2D eigenvalue weighted by Crippen LogP contribution is -2.23. The Hall–Kier alpha value is -2.14. The molecule has 0 N–H and O–H groups in total. The van der Waals surface area contributed by atoms with Gasteiger partial charge in [0.2, 0.25) is 0 Å². The summed E-state index contributed by atoms with van der Waals surface area (Å²) in [5.74, 6) is 0.549. The molecule has 1 aliphatic heterocycles. The fraction of sp³-hybridized carbons (Fsp3) is 0.412. The summed E-state index contributed by atoms with van der Waals surface area (Å²) in [5, 5.41) is 4.16. The van der Waals surface area contributed by atoms with Crippen molar-refractivity contribution in [2.24, 2.45) is 0 Å². The highest BCUT2D eigenvalue weighted by molar-refractivity contribution is 5.89. The summed E-state index contributed by atoms with van der Waals surface area (Å²) in [5.41, 5.74) is 2.78. The van der Waals surface area contributed by atoms with Gasteiger partial charge in [0.05, 0.1) is 18.7 Å². The number of carbonyl (C=O) groups is 1. The molecule has 1 aliphatic rings. The number of rotatable bonds is 4. The molecule has 2 heterocycles. The maximum atomic E-state index is 11.5. The maximum Gasteiger partial charge on any atom is 0.337 e. The number of aryl methyl sites for hydroxylation is 1. The first-order chi connectivity index (χ1) is 10.7. The van der Waals surface area contributed by atoms with Crippen molar-refractivity contribution in [1.29, 1.82) is 0 Å². The first kappa shape index (κ1) is 14.8. The number of carbonyl (C=O) groups excluding carboxylic acids is 1. The molecule has 1 aromatic heterocycles. The monoisotopic (exact) mass is 300 g/mol. The van der Waals surface area contributed by atoms with Crippen molar-refractivity contribution in [3.63, 3.8) is 0 Å². The second kappa shape index (κ2) is 6.32. The molecule has 1 aromatic carbocycles. The zero-order chi connectivity index (χ0) is 15.5. The van der Waals surface area contributed by atoms with Gasteiger partial charge in [-0.15, -0.1) is 0 Å². The van der Waals surface area contributed by atoms with Crippen molar-refractivity contribution in [1.82, 2.24) is 10.1 Å². The van der Waals surface area contributed by atoms with E-state index < -0.39 is 0 Å². The van der Waals surface area contributed by atoms with E-state index in [-0.39, 0.29) is 5.97 Å². The van der Waals surface area contributed by atoms with Gasteiger partial charge in [0.25, 0.3) is 0 Å². The Bertz CT molecular complexity index is 648. The highest BCUT2D eigenvalue weighted by atomic mass is 16.5. The lowest BCUT2D eigenvalue weighted by Gasteiger charge is -2.22. The molecule has 0 spiro atoms. The Morgan fingerprint density at radius 1 is 1.41 bits per heavy atom. The third kappa shape index (κ3) is 3.04. The highest BCUT2D eigenvalue weighted by Crippen LogP contribution is 2.32. The zero-order valence-corrected chi connectivity index (χ0v) is 12.9. The van der Waals surface area contributed by atoms with Gasteiger partial charge in [-0.1, -0.05) is 17.3 Å². The molecule has 1 atom stereocenters. The van der Waals surface area contributed by atoms with Crippen molar-refractivity contribution < 1.29 is 14.1 Å². The van der Waals surface area contributed by atoms with E-state index in [1.54, 1.807) is 0 Å². The van der Waals surface area contributed by atoms with Crippen LogP contribution in [0.4, 0.5) is 0 Å². The number of nitrogens with zero attached hydrogens (tertiary/aromatic N) is 2. The smallest absolute Gasteiger partial charge is 0.337 e. The minimum Gasteiger partial charge on any atom is -0.465 e. The first-order valence-electron chi connectivity index (χ1n) is 7.52. The number of aromatic nitrogens is 1. The summed E-state index contributed by atoms with van der Waals surface area (Å²) in [6.07, 6.45) is 2.27. The molecular formula is C17H20N2O3. The van der Waals surface area contributed by atoms with Crippen LogP contribution in [-0.4, -0.2) is 29.7 Å². The fourth-order valence-electron chi connectivity index (χ4n) is 2.99. The van der Waals surface area contributed by atoms with Crippen LogP contribution < -0.4 is 0 Å². The van der Waals surface area contributed by atoms with Gasteiger partial charge in [-0.3, -0.25) is 4.90 Å². The van der Waals surface area contributed by atoms with Crippen molar-refractivity contribution in [2.75, 3.05) is 13.7 Å². The number of esters is 1. The number of ether oxygens (including phenoxy) is 1. The van der Waals surface area contributed by atoms with E-state index in [0.29, 0.717) is 11.6 Å². The molecule has 2 aromatic rings. The summed E-state index contributed by atoms with van der Waals surface area (Å²) >= 11 is 0. The normalized spacial score (nSPS) is 18.5. The molecule has 22 heavy (non-hydrogen) atoms. The minimum atomic E-state index is -0.302. The molecule has 0 saturated carbocycles. The largest absolute Gasteiger partial charge is 0.465 e. The summed E-state index contributed by atoms with van der Waals surface area (Å²) in [7, 11) is 1.39. The predicted octanol–water partition coefficient (Wildman–Crippen LogP) is 3.11. The van der Waals surface area contributed by atoms with Gasteiger partial charge in [-0.25, -0.2) is 4.79 Å². The van der Waals surface area contributed by atoms with E-state index in [1.807, 2.05) is 37.3 Å². The van der Waals surface area contributed by atoms with Gasteiger partial charge in [0, 0.05) is 12.6 Å². The van der Waals surface area contributed by atoms with Gasteiger partial charge < -0.3 is 9.26 Å². The quantitative estimate of drug-likeness (QED) is 0.812. The zero-order valence-electron chi connectivity index (χ0n) is 12.9. The molecule has 0 bridgehead atoms. The number of hydrogen-bond acceptors (Lipinski definition) is 5. The van der Waals surface area contributed by atoms with E-state index >= 15 is 0 Å². The summed E-state index contributed by atoms with van der Waals surface area (Å²) < 4.78 is 9.92. The van der Waals surface area contributed by atoms with Crippen molar-refractivity contribution in [3.05, 3.63) is 52.9 Å². The van der Waals surface area contributed by atoms with Crippen molar-refractivity contribution in [3.8, 4) is 0 Å². The van der Waals surface area contributed by atoms with E-state index in [1.165, 1.54) is 12.7 Å². The van der Waals surface area contributed by atoms with Crippen LogP contribution in [-0.2, 0) is 11.3 Å². The van der Waals surface area contributed by atoms with Gasteiger partial charge in [0.1, 0.15) is 11.5 Å². The molecule has 0 unspecified atom stereocenters. The van der Waals surface area contributed by atoms with Gasteiger partial charge >= 0.3 is 5.97 Å². The van der Waals surface area contributed by atoms with E-state index in [4.69, 9.17) is 9.26 Å². The van der Waals surface area contributed by atoms with Crippen LogP contribution in [0, 0.1) is 6.92 Å². The lowest BCUT2D eigenvalue weighted by atomic mass is 10.1. The SMILES string of the molecule is COC(=O)c1ccc(CN2CCC[C@H]2c2cc(C)on2)cc1. The third-order valence-electron chi connectivity index (χ3n) is 4.11. The topological polar surface area (TPSA) is 55.6 Å². The number of likely N-dealkylation sites (tertiary alicyclic amines) is 1. The molecule has 0 radical (unpaired) electrons. The van der Waals surface area contributed by atoms with E-state index in [9.17, 15) is 4.79 Å². The second-order valence-corrected chi connectivity index (χ2v) is 5.68. The van der Waals surface area contributed by atoms with Gasteiger partial charge in [-0.05, 0) is 44.0 Å². The predicted molar refractivity (Wildman–Crippen MR) is 81.4 cm³/mol. The summed E-state index contributed by atoms with van der Waals surface area (Å²) in [6.45, 7) is 3.81. The molecule has 3 rings (SSSR count). The van der Waals surface area contributed by atoms with Crippen LogP contribution in [0.1, 0.15) is 46.3 Å². The third-order valence-corrected chi connectivity index (χ3v) is 4.11. The van der Waals surface area contributed by atoms with Gasteiger partial charge in [0.15, 0.2) is 0 Å². The second-order valence-electron chi connectivity index (χ2n) is 5.68. The van der Waals surface area contributed by atoms with Crippen LogP contribution in [0.2, 0.25) is 0 Å². The van der Waals surface area contributed by atoms with Crippen LogP contribution in [0.25, 0.3) is 0 Å². The Balaban J connectivity index is 1.70. The Kier molecular flexibility index (Phi) is 4.24. The molecular weight excluding hydrogens is 280 g/mol. The average molecular weight is 300 g/mol. The fourth-order valence-corrected chi connectivity index (χ4v) is 2.99. The average Bonchev–Trinajstić information content (AvgIpc) is 3.16. The molecule has 5 heteroatoms. The number of hydrogen-bond donors (Lipinski definition) is 0. The molecule has 116 valence electrons. The van der Waals surface area contributed by atoms with Crippen LogP contribution in [0.3, 0.4) is 0 Å². The van der Waals surface area contributed by atoms with Crippen molar-refractivity contribution in [2.45, 2.75) is 32.4 Å². The minimum absolute atomic E-state index is 0.302. The highest BCUT2D eigenvalue weighted by Gasteiger charge is 2.28.